The average molecular weight is 247 g/mol. The van der Waals surface area contributed by atoms with Crippen molar-refractivity contribution in [3.63, 3.8) is 0 Å². The van der Waals surface area contributed by atoms with E-state index in [1.54, 1.807) is 0 Å². The number of nitrogens with zero attached hydrogens (tertiary/aromatic N) is 1. The Morgan fingerprint density at radius 3 is 2.72 bits per heavy atom. The number of aryl methyl sites for hydroxylation is 1. The number of phenols is 1. The van der Waals surface area contributed by atoms with E-state index in [-0.39, 0.29) is 5.41 Å². The second-order valence-electron chi connectivity index (χ2n) is 5.89. The highest BCUT2D eigenvalue weighted by Gasteiger charge is 2.33. The Morgan fingerprint density at radius 2 is 2.06 bits per heavy atom. The molecule has 1 N–H and O–H groups in total. The minimum absolute atomic E-state index is 0.217. The van der Waals surface area contributed by atoms with Crippen LogP contribution >= 0.6 is 0 Å². The van der Waals surface area contributed by atoms with Gasteiger partial charge in [-0.2, -0.15) is 0 Å². The zero-order valence-corrected chi connectivity index (χ0v) is 11.9. The number of phenolic OH excluding ortho intramolecular Hbond substituents is 1. The molecular formula is C16H25NO. The summed E-state index contributed by atoms with van der Waals surface area (Å²) in [5.74, 6) is 0.407. The summed E-state index contributed by atoms with van der Waals surface area (Å²) in [5.41, 5.74) is 2.69. The Balaban J connectivity index is 2.40. The Kier molecular flexibility index (Phi) is 3.96. The maximum atomic E-state index is 9.86. The fraction of sp³-hybridized carbons (Fsp3) is 0.625. The van der Waals surface area contributed by atoms with Crippen LogP contribution in [0, 0.1) is 6.92 Å². The van der Waals surface area contributed by atoms with Gasteiger partial charge in [-0.25, -0.2) is 0 Å². The summed E-state index contributed by atoms with van der Waals surface area (Å²) in [6.45, 7) is 6.64. The van der Waals surface area contributed by atoms with Crippen molar-refractivity contribution in [3.8, 4) is 5.75 Å². The normalized spacial score (nSPS) is 25.9. The molecule has 2 nitrogen and oxygen atoms in total. The second kappa shape index (κ2) is 5.31. The van der Waals surface area contributed by atoms with Gasteiger partial charge in [0.2, 0.25) is 0 Å². The van der Waals surface area contributed by atoms with E-state index in [4.69, 9.17) is 0 Å². The van der Waals surface area contributed by atoms with Gasteiger partial charge >= 0.3 is 0 Å². The smallest absolute Gasteiger partial charge is 0.116 e. The molecule has 1 aliphatic heterocycles. The molecule has 1 saturated heterocycles. The number of hydrogen-bond donors (Lipinski definition) is 1. The van der Waals surface area contributed by atoms with Gasteiger partial charge in [-0.15, -0.1) is 0 Å². The number of hydrogen-bond acceptors (Lipinski definition) is 2. The van der Waals surface area contributed by atoms with Crippen molar-refractivity contribution in [3.05, 3.63) is 29.3 Å². The van der Waals surface area contributed by atoms with Crippen molar-refractivity contribution in [2.45, 2.75) is 44.9 Å². The summed E-state index contributed by atoms with van der Waals surface area (Å²) in [6.07, 6.45) is 4.94. The monoisotopic (exact) mass is 247 g/mol. The van der Waals surface area contributed by atoms with Gasteiger partial charge in [-0.05, 0) is 63.0 Å². The molecule has 1 aliphatic rings. The molecule has 1 aromatic carbocycles. The Labute approximate surface area is 111 Å². The highest BCUT2D eigenvalue weighted by atomic mass is 16.3. The molecule has 2 heteroatoms. The molecule has 18 heavy (non-hydrogen) atoms. The molecule has 1 heterocycles. The highest BCUT2D eigenvalue weighted by molar-refractivity contribution is 5.37. The predicted octanol–water partition coefficient (Wildman–Crippen LogP) is 3.46. The predicted molar refractivity (Wildman–Crippen MR) is 76.2 cm³/mol. The van der Waals surface area contributed by atoms with Gasteiger partial charge in [0, 0.05) is 12.0 Å². The summed E-state index contributed by atoms with van der Waals surface area (Å²) in [7, 11) is 2.21. The maximum absolute atomic E-state index is 9.86. The lowest BCUT2D eigenvalue weighted by Crippen LogP contribution is -2.37. The van der Waals surface area contributed by atoms with Gasteiger partial charge in [0.15, 0.2) is 0 Å². The molecule has 0 spiro atoms. The quantitative estimate of drug-likeness (QED) is 0.865. The molecule has 0 bridgehead atoms. The first-order chi connectivity index (χ1) is 8.55. The molecule has 0 radical (unpaired) electrons. The average Bonchev–Trinajstić information content (AvgIpc) is 2.50. The lowest BCUT2D eigenvalue weighted by atomic mass is 9.74. The third kappa shape index (κ3) is 2.69. The van der Waals surface area contributed by atoms with Crippen LogP contribution in [0.15, 0.2) is 18.2 Å². The Hall–Kier alpha value is -1.02. The fourth-order valence-electron chi connectivity index (χ4n) is 3.32. The van der Waals surface area contributed by atoms with E-state index in [1.807, 2.05) is 12.1 Å². The first-order valence-electron chi connectivity index (χ1n) is 7.05. The molecule has 1 unspecified atom stereocenters. The van der Waals surface area contributed by atoms with Crippen LogP contribution < -0.4 is 0 Å². The summed E-state index contributed by atoms with van der Waals surface area (Å²) >= 11 is 0. The summed E-state index contributed by atoms with van der Waals surface area (Å²) in [6, 6.07) is 6.06. The molecule has 1 fully saturated rings. The minimum atomic E-state index is 0.217. The number of aromatic hydroxyl groups is 1. The molecule has 0 saturated carbocycles. The maximum Gasteiger partial charge on any atom is 0.116 e. The van der Waals surface area contributed by atoms with Gasteiger partial charge in [-0.3, -0.25) is 0 Å². The van der Waals surface area contributed by atoms with Crippen LogP contribution in [-0.2, 0) is 5.41 Å². The van der Waals surface area contributed by atoms with Gasteiger partial charge in [-0.1, -0.05) is 19.4 Å². The van der Waals surface area contributed by atoms with Gasteiger partial charge in [0.1, 0.15) is 5.75 Å². The lowest BCUT2D eigenvalue weighted by molar-refractivity contribution is 0.256. The van der Waals surface area contributed by atoms with E-state index < -0.39 is 0 Å². The molecule has 0 aromatic heterocycles. The minimum Gasteiger partial charge on any atom is -0.508 e. The van der Waals surface area contributed by atoms with E-state index in [9.17, 15) is 5.11 Å². The van der Waals surface area contributed by atoms with E-state index in [0.717, 1.165) is 18.5 Å². The standard InChI is InChI=1S/C16H25NO/c1-4-16(7-5-6-8-17(3)12-16)14-9-13(2)10-15(18)11-14/h9-11,18H,4-8,12H2,1-3H3. The Morgan fingerprint density at radius 1 is 1.28 bits per heavy atom. The van der Waals surface area contributed by atoms with E-state index in [0.29, 0.717) is 5.75 Å². The van der Waals surface area contributed by atoms with Crippen LogP contribution in [0.25, 0.3) is 0 Å². The van der Waals surface area contributed by atoms with Gasteiger partial charge in [0.05, 0.1) is 0 Å². The SMILES string of the molecule is CCC1(c2cc(C)cc(O)c2)CCCCN(C)C1. The highest BCUT2D eigenvalue weighted by Crippen LogP contribution is 2.38. The van der Waals surface area contributed by atoms with Crippen LogP contribution in [0.1, 0.15) is 43.7 Å². The van der Waals surface area contributed by atoms with Crippen LogP contribution in [0.2, 0.25) is 0 Å². The summed E-state index contributed by atoms with van der Waals surface area (Å²) < 4.78 is 0. The summed E-state index contributed by atoms with van der Waals surface area (Å²) in [5, 5.41) is 9.86. The van der Waals surface area contributed by atoms with Crippen LogP contribution in [-0.4, -0.2) is 30.1 Å². The van der Waals surface area contributed by atoms with E-state index in [2.05, 4.69) is 31.9 Å². The third-order valence-electron chi connectivity index (χ3n) is 4.37. The van der Waals surface area contributed by atoms with Crippen LogP contribution in [0.5, 0.6) is 5.75 Å². The number of benzene rings is 1. The first-order valence-corrected chi connectivity index (χ1v) is 7.05. The van der Waals surface area contributed by atoms with Crippen molar-refractivity contribution in [2.75, 3.05) is 20.1 Å². The molecule has 100 valence electrons. The van der Waals surface area contributed by atoms with Gasteiger partial charge in [0.25, 0.3) is 0 Å². The number of rotatable bonds is 2. The van der Waals surface area contributed by atoms with Crippen molar-refractivity contribution in [2.24, 2.45) is 0 Å². The number of likely N-dealkylation sites (N-methyl/N-ethyl adjacent to an activating group) is 1. The first kappa shape index (κ1) is 13.4. The topological polar surface area (TPSA) is 23.5 Å². The summed E-state index contributed by atoms with van der Waals surface area (Å²) in [4.78, 5) is 2.44. The van der Waals surface area contributed by atoms with E-state index in [1.165, 1.54) is 31.4 Å². The molecular weight excluding hydrogens is 222 g/mol. The number of likely N-dealkylation sites (tertiary alicyclic amines) is 1. The lowest BCUT2D eigenvalue weighted by Gasteiger charge is -2.35. The molecule has 2 rings (SSSR count). The molecule has 1 aromatic rings. The molecule has 0 amide bonds. The fourth-order valence-corrected chi connectivity index (χ4v) is 3.32. The van der Waals surface area contributed by atoms with Crippen LogP contribution in [0.4, 0.5) is 0 Å². The van der Waals surface area contributed by atoms with Crippen molar-refractivity contribution >= 4 is 0 Å². The largest absolute Gasteiger partial charge is 0.508 e. The zero-order valence-electron chi connectivity index (χ0n) is 11.9. The molecule has 1 atom stereocenters. The zero-order chi connectivity index (χ0) is 13.2. The van der Waals surface area contributed by atoms with Crippen molar-refractivity contribution in [1.82, 2.24) is 4.90 Å². The van der Waals surface area contributed by atoms with Gasteiger partial charge < -0.3 is 10.0 Å². The van der Waals surface area contributed by atoms with E-state index >= 15 is 0 Å². The van der Waals surface area contributed by atoms with Crippen molar-refractivity contribution in [1.29, 1.82) is 0 Å². The Bertz CT molecular complexity index is 395. The van der Waals surface area contributed by atoms with Crippen LogP contribution in [0.3, 0.4) is 0 Å². The second-order valence-corrected chi connectivity index (χ2v) is 5.89. The molecule has 0 aliphatic carbocycles. The third-order valence-corrected chi connectivity index (χ3v) is 4.37. The van der Waals surface area contributed by atoms with Crippen molar-refractivity contribution < 1.29 is 5.11 Å².